The van der Waals surface area contributed by atoms with Crippen LogP contribution in [0.25, 0.3) is 0 Å². The number of nitrogens with one attached hydrogen (secondary N) is 1. The van der Waals surface area contributed by atoms with E-state index in [1.165, 1.54) is 0 Å². The first-order valence-corrected chi connectivity index (χ1v) is 17.5. The second-order valence-corrected chi connectivity index (χ2v) is 14.1. The van der Waals surface area contributed by atoms with Crippen LogP contribution in [0.3, 0.4) is 0 Å². The van der Waals surface area contributed by atoms with Crippen molar-refractivity contribution < 1.29 is 24.2 Å². The lowest BCUT2D eigenvalue weighted by Gasteiger charge is -2.29. The number of carboxylic acid groups (broad SMARTS) is 1. The van der Waals surface area contributed by atoms with Crippen molar-refractivity contribution in [2.24, 2.45) is 17.3 Å². The molecule has 252 valence electrons. The van der Waals surface area contributed by atoms with Gasteiger partial charge in [-0.1, -0.05) is 83.7 Å². The van der Waals surface area contributed by atoms with Gasteiger partial charge in [-0.25, -0.2) is 0 Å². The molecule has 2 fully saturated rings. The molecule has 2 N–H and O–H groups in total. The summed E-state index contributed by atoms with van der Waals surface area (Å²) >= 11 is 25.5. The summed E-state index contributed by atoms with van der Waals surface area (Å²) in [6.07, 6.45) is 3.51. The van der Waals surface area contributed by atoms with Gasteiger partial charge in [-0.2, -0.15) is 0 Å². The van der Waals surface area contributed by atoms with Gasteiger partial charge in [0.15, 0.2) is 5.75 Å². The highest BCUT2D eigenvalue weighted by Gasteiger charge is 2.58. The maximum Gasteiger partial charge on any atom is 0.309 e. The standard InChI is InChI=1S/C36H40Cl4N2O5/c1-3-36(35(44)45)18-26(36)20-41-19-25(34(43)42(27-11-12-27)21-24-8-6-9-28(37)32(24)40)17-23-7-4-5-10-31(23)46-13-14-47-33-29(38)15-22(2)16-30(33)39/h4-10,15-16,25-27,41H,3,11-14,17-21H2,1-2H3,(H,44,45). The van der Waals surface area contributed by atoms with Crippen molar-refractivity contribution in [3.05, 3.63) is 91.4 Å². The molecule has 3 unspecified atom stereocenters. The van der Waals surface area contributed by atoms with Crippen LogP contribution < -0.4 is 14.8 Å². The summed E-state index contributed by atoms with van der Waals surface area (Å²) in [7, 11) is 0. The molecular weight excluding hydrogens is 682 g/mol. The smallest absolute Gasteiger partial charge is 0.309 e. The molecule has 5 rings (SSSR count). The first kappa shape index (κ1) is 35.6. The van der Waals surface area contributed by atoms with E-state index in [2.05, 4.69) is 5.32 Å². The lowest BCUT2D eigenvalue weighted by molar-refractivity contribution is -0.144. The predicted molar refractivity (Wildman–Crippen MR) is 187 cm³/mol. The Morgan fingerprint density at radius 1 is 0.979 bits per heavy atom. The number of halogens is 4. The Hall–Kier alpha value is -2.68. The fraction of sp³-hybridized carbons (Fsp3) is 0.444. The number of aryl methyl sites for hydroxylation is 1. The average Bonchev–Trinajstić information content (AvgIpc) is 3.97. The van der Waals surface area contributed by atoms with Crippen molar-refractivity contribution in [1.29, 1.82) is 0 Å². The maximum atomic E-state index is 14.4. The molecule has 11 heteroatoms. The van der Waals surface area contributed by atoms with Crippen LogP contribution in [0.15, 0.2) is 54.6 Å². The summed E-state index contributed by atoms with van der Waals surface area (Å²) in [6, 6.07) is 16.9. The van der Waals surface area contributed by atoms with Gasteiger partial charge in [0.1, 0.15) is 19.0 Å². The number of carbonyl (C=O) groups excluding carboxylic acids is 1. The Kier molecular flexibility index (Phi) is 11.9. The molecule has 47 heavy (non-hydrogen) atoms. The molecule has 0 saturated heterocycles. The Morgan fingerprint density at radius 3 is 2.32 bits per heavy atom. The first-order chi connectivity index (χ1) is 22.5. The Balaban J connectivity index is 1.30. The summed E-state index contributed by atoms with van der Waals surface area (Å²) in [6.45, 7) is 5.58. The van der Waals surface area contributed by atoms with E-state index in [4.69, 9.17) is 55.9 Å². The molecule has 2 aliphatic carbocycles. The highest BCUT2D eigenvalue weighted by atomic mass is 35.5. The number of nitrogens with zero attached hydrogens (tertiary/aromatic N) is 1. The average molecular weight is 723 g/mol. The minimum absolute atomic E-state index is 0.00798. The summed E-state index contributed by atoms with van der Waals surface area (Å²) < 4.78 is 12.0. The number of aliphatic carboxylic acids is 1. The zero-order valence-electron chi connectivity index (χ0n) is 26.5. The summed E-state index contributed by atoms with van der Waals surface area (Å²) in [5.74, 6) is -0.0634. The molecular formula is C36H40Cl4N2O5. The minimum atomic E-state index is -0.750. The van der Waals surface area contributed by atoms with Crippen molar-refractivity contribution in [1.82, 2.24) is 10.2 Å². The van der Waals surface area contributed by atoms with Crippen molar-refractivity contribution in [3.8, 4) is 11.5 Å². The molecule has 0 radical (unpaired) electrons. The molecule has 2 aliphatic rings. The quantitative estimate of drug-likeness (QED) is 0.136. The molecule has 0 aromatic heterocycles. The predicted octanol–water partition coefficient (Wildman–Crippen LogP) is 8.51. The number of para-hydroxylation sites is 1. The first-order valence-electron chi connectivity index (χ1n) is 16.0. The number of amides is 1. The van der Waals surface area contributed by atoms with Crippen LogP contribution in [0.5, 0.6) is 11.5 Å². The molecule has 2 saturated carbocycles. The zero-order valence-corrected chi connectivity index (χ0v) is 29.6. The van der Waals surface area contributed by atoms with E-state index in [0.717, 1.165) is 29.5 Å². The van der Waals surface area contributed by atoms with Crippen LogP contribution in [-0.2, 0) is 22.6 Å². The van der Waals surface area contributed by atoms with Gasteiger partial charge >= 0.3 is 5.97 Å². The number of ether oxygens (including phenoxy) is 2. The second kappa shape index (κ2) is 15.7. The van der Waals surface area contributed by atoms with Crippen molar-refractivity contribution >= 4 is 58.3 Å². The van der Waals surface area contributed by atoms with Gasteiger partial charge in [-0.15, -0.1) is 0 Å². The third-order valence-electron chi connectivity index (χ3n) is 9.23. The van der Waals surface area contributed by atoms with Crippen LogP contribution in [0.2, 0.25) is 20.1 Å². The number of hydrogen-bond donors (Lipinski definition) is 2. The second-order valence-electron chi connectivity index (χ2n) is 12.5. The fourth-order valence-corrected chi connectivity index (χ4v) is 7.32. The highest BCUT2D eigenvalue weighted by molar-refractivity contribution is 6.42. The van der Waals surface area contributed by atoms with E-state index in [1.807, 2.05) is 55.1 Å². The van der Waals surface area contributed by atoms with Gasteiger partial charge in [-0.05, 0) is 92.4 Å². The van der Waals surface area contributed by atoms with Gasteiger partial charge < -0.3 is 24.8 Å². The van der Waals surface area contributed by atoms with Crippen LogP contribution in [0, 0.1) is 24.2 Å². The molecule has 0 spiro atoms. The van der Waals surface area contributed by atoms with Crippen molar-refractivity contribution in [3.63, 3.8) is 0 Å². The SMILES string of the molecule is CCC1(C(=O)O)CC1CNCC(Cc1ccccc1OCCOc1c(Cl)cc(C)cc1Cl)C(=O)N(Cc1cccc(Cl)c1Cl)C1CC1. The van der Waals surface area contributed by atoms with Crippen LogP contribution in [0.4, 0.5) is 0 Å². The summed E-state index contributed by atoms with van der Waals surface area (Å²) in [5.41, 5.74) is 1.95. The molecule has 3 aromatic rings. The van der Waals surface area contributed by atoms with Gasteiger partial charge in [0.25, 0.3) is 0 Å². The van der Waals surface area contributed by atoms with Crippen LogP contribution in [-0.4, -0.2) is 54.2 Å². The number of carbonyl (C=O) groups is 2. The number of carboxylic acids is 1. The van der Waals surface area contributed by atoms with E-state index in [-0.39, 0.29) is 31.1 Å². The molecule has 0 aliphatic heterocycles. The zero-order chi connectivity index (χ0) is 33.7. The lowest BCUT2D eigenvalue weighted by atomic mass is 9.96. The monoisotopic (exact) mass is 720 g/mol. The molecule has 3 aromatic carbocycles. The maximum absolute atomic E-state index is 14.4. The normalized spacial score (nSPS) is 19.2. The van der Waals surface area contributed by atoms with Crippen LogP contribution >= 0.6 is 46.4 Å². The summed E-state index contributed by atoms with van der Waals surface area (Å²) in [5, 5.41) is 15.0. The molecule has 1 amide bonds. The molecule has 0 heterocycles. The number of hydrogen-bond acceptors (Lipinski definition) is 5. The third-order valence-corrected chi connectivity index (χ3v) is 10.7. The fourth-order valence-electron chi connectivity index (χ4n) is 6.23. The van der Waals surface area contributed by atoms with E-state index in [0.29, 0.717) is 70.5 Å². The van der Waals surface area contributed by atoms with Crippen LogP contribution in [0.1, 0.15) is 49.3 Å². The molecule has 3 atom stereocenters. The number of benzene rings is 3. The summed E-state index contributed by atoms with van der Waals surface area (Å²) in [4.78, 5) is 28.2. The van der Waals surface area contributed by atoms with Crippen molar-refractivity contribution in [2.75, 3.05) is 26.3 Å². The lowest BCUT2D eigenvalue weighted by Crippen LogP contribution is -2.42. The topological polar surface area (TPSA) is 88.1 Å². The van der Waals surface area contributed by atoms with Crippen molar-refractivity contribution in [2.45, 2.75) is 58.5 Å². The van der Waals surface area contributed by atoms with Gasteiger partial charge in [-0.3, -0.25) is 9.59 Å². The van der Waals surface area contributed by atoms with E-state index in [1.54, 1.807) is 18.2 Å². The third kappa shape index (κ3) is 8.68. The van der Waals surface area contributed by atoms with Gasteiger partial charge in [0.2, 0.25) is 5.91 Å². The van der Waals surface area contributed by atoms with E-state index < -0.39 is 17.3 Å². The Bertz CT molecular complexity index is 1580. The van der Waals surface area contributed by atoms with E-state index >= 15 is 0 Å². The largest absolute Gasteiger partial charge is 0.490 e. The Labute approximate surface area is 296 Å². The highest BCUT2D eigenvalue weighted by Crippen LogP contribution is 2.55. The van der Waals surface area contributed by atoms with Gasteiger partial charge in [0.05, 0.1) is 31.4 Å². The Morgan fingerprint density at radius 2 is 1.66 bits per heavy atom. The minimum Gasteiger partial charge on any atom is -0.490 e. The van der Waals surface area contributed by atoms with E-state index in [9.17, 15) is 14.7 Å². The van der Waals surface area contributed by atoms with Gasteiger partial charge in [0, 0.05) is 19.1 Å². The molecule has 7 nitrogen and oxygen atoms in total. The number of rotatable bonds is 17. The molecule has 0 bridgehead atoms.